The summed E-state index contributed by atoms with van der Waals surface area (Å²) in [6, 6.07) is 0. The molecule has 0 nitrogen and oxygen atoms in total. The Morgan fingerprint density at radius 1 is 0.778 bits per heavy atom. The Labute approximate surface area is 112 Å². The van der Waals surface area contributed by atoms with Gasteiger partial charge in [0.1, 0.15) is 24.8 Å². The molecule has 0 saturated heterocycles. The third kappa shape index (κ3) is 4.63. The number of allylic oxidation sites excluding steroid dienone is 10. The zero-order valence-electron chi connectivity index (χ0n) is 11.0. The second-order valence-corrected chi connectivity index (χ2v) is 6.92. The van der Waals surface area contributed by atoms with Crippen LogP contribution in [-0.2, 0) is 0 Å². The van der Waals surface area contributed by atoms with Gasteiger partial charge in [0.15, 0.2) is 0 Å². The van der Waals surface area contributed by atoms with E-state index in [4.69, 9.17) is 0 Å². The molecule has 0 aromatic heterocycles. The van der Waals surface area contributed by atoms with Crippen LogP contribution in [0.1, 0.15) is 32.1 Å². The van der Waals surface area contributed by atoms with Gasteiger partial charge in [-0.2, -0.15) is 0 Å². The summed E-state index contributed by atoms with van der Waals surface area (Å²) in [5, 5.41) is 1.66. The van der Waals surface area contributed by atoms with Crippen molar-refractivity contribution in [2.75, 3.05) is 6.16 Å². The topological polar surface area (TPSA) is 0 Å². The van der Waals surface area contributed by atoms with Crippen LogP contribution in [0, 0.1) is 0 Å². The molecule has 1 unspecified atom stereocenters. The van der Waals surface area contributed by atoms with E-state index in [1.165, 1.54) is 38.3 Å². The van der Waals surface area contributed by atoms with Gasteiger partial charge in [-0.15, -0.1) is 0 Å². The molecule has 0 aromatic rings. The fourth-order valence-corrected chi connectivity index (χ4v) is 4.40. The maximum Gasteiger partial charge on any atom is 0.127 e. The van der Waals surface area contributed by atoms with Gasteiger partial charge in [-0.25, -0.2) is 0 Å². The van der Waals surface area contributed by atoms with Crippen molar-refractivity contribution in [3.8, 4) is 0 Å². The van der Waals surface area contributed by atoms with Crippen LogP contribution in [-0.4, -0.2) is 12.0 Å². The predicted octanol–water partition coefficient (Wildman–Crippen LogP) is 5.36. The number of rotatable bonds is 1. The van der Waals surface area contributed by atoms with Gasteiger partial charge in [-0.3, -0.25) is 0 Å². The van der Waals surface area contributed by atoms with Crippen LogP contribution in [0.25, 0.3) is 0 Å². The molecule has 0 bridgehead atoms. The molecule has 0 N–H and O–H groups in total. The molecule has 0 saturated carbocycles. The molecular formula is C17H22P+. The van der Waals surface area contributed by atoms with Crippen molar-refractivity contribution in [2.45, 2.75) is 32.1 Å². The fourth-order valence-electron chi connectivity index (χ4n) is 2.22. The average Bonchev–Trinajstić information content (AvgIpc) is 2.61. The van der Waals surface area contributed by atoms with Gasteiger partial charge in [-0.05, 0) is 37.8 Å². The Bertz CT molecular complexity index is 389. The van der Waals surface area contributed by atoms with E-state index < -0.39 is 0 Å². The van der Waals surface area contributed by atoms with Crippen molar-refractivity contribution in [1.29, 1.82) is 0 Å². The van der Waals surface area contributed by atoms with E-state index >= 15 is 0 Å². The summed E-state index contributed by atoms with van der Waals surface area (Å²) in [6.45, 7) is 0. The Morgan fingerprint density at radius 2 is 1.56 bits per heavy atom. The van der Waals surface area contributed by atoms with E-state index in [9.17, 15) is 0 Å². The lowest BCUT2D eigenvalue weighted by Gasteiger charge is -2.00. The second kappa shape index (κ2) is 8.06. The zero-order chi connectivity index (χ0) is 12.5. The van der Waals surface area contributed by atoms with Gasteiger partial charge in [0.25, 0.3) is 0 Å². The highest BCUT2D eigenvalue weighted by Crippen LogP contribution is 2.38. The summed E-state index contributed by atoms with van der Waals surface area (Å²) < 4.78 is 0. The molecule has 0 aromatic carbocycles. The van der Waals surface area contributed by atoms with Crippen LogP contribution in [0.3, 0.4) is 0 Å². The van der Waals surface area contributed by atoms with Crippen LogP contribution in [0.15, 0.2) is 60.0 Å². The lowest BCUT2D eigenvalue weighted by Crippen LogP contribution is -1.86. The first kappa shape index (κ1) is 13.3. The molecule has 2 aliphatic rings. The molecule has 2 rings (SSSR count). The summed E-state index contributed by atoms with van der Waals surface area (Å²) in [5.74, 6) is 2.44. The Hall–Kier alpha value is -1.13. The highest BCUT2D eigenvalue weighted by atomic mass is 31.1. The van der Waals surface area contributed by atoms with Crippen molar-refractivity contribution < 1.29 is 0 Å². The van der Waals surface area contributed by atoms with Crippen molar-refractivity contribution in [1.82, 2.24) is 0 Å². The van der Waals surface area contributed by atoms with Gasteiger partial charge < -0.3 is 0 Å². The molecule has 18 heavy (non-hydrogen) atoms. The Kier molecular flexibility index (Phi) is 5.96. The molecule has 0 spiro atoms. The maximum atomic E-state index is 2.44. The summed E-state index contributed by atoms with van der Waals surface area (Å²) >= 11 is 0. The van der Waals surface area contributed by atoms with E-state index in [1.807, 2.05) is 0 Å². The molecule has 0 radical (unpaired) electrons. The third-order valence-electron chi connectivity index (χ3n) is 3.21. The van der Waals surface area contributed by atoms with Gasteiger partial charge in [0, 0.05) is 6.42 Å². The number of hydrogen-bond acceptors (Lipinski definition) is 0. The molecule has 0 fully saturated rings. The van der Waals surface area contributed by atoms with E-state index in [0.717, 1.165) is 0 Å². The predicted molar refractivity (Wildman–Crippen MR) is 85.6 cm³/mol. The third-order valence-corrected chi connectivity index (χ3v) is 5.65. The summed E-state index contributed by atoms with van der Waals surface area (Å²) in [6.07, 6.45) is 27.7. The van der Waals surface area contributed by atoms with Crippen molar-refractivity contribution >= 4 is 13.3 Å². The van der Waals surface area contributed by atoms with Gasteiger partial charge >= 0.3 is 0 Å². The smallest absolute Gasteiger partial charge is 0.0845 e. The van der Waals surface area contributed by atoms with Crippen LogP contribution in [0.2, 0.25) is 0 Å². The lowest BCUT2D eigenvalue weighted by molar-refractivity contribution is 0.858. The molecule has 0 amide bonds. The summed E-state index contributed by atoms with van der Waals surface area (Å²) in [7, 11) is -0.0610. The number of hydrogen-bond donors (Lipinski definition) is 0. The van der Waals surface area contributed by atoms with Crippen molar-refractivity contribution in [3.63, 3.8) is 0 Å². The van der Waals surface area contributed by atoms with Crippen LogP contribution >= 0.6 is 7.55 Å². The SMILES string of the molecule is C1=CC=C([P+]2=CC=CC=CCCC2)CCCC=C1. The Balaban J connectivity index is 2.16. The molecular weight excluding hydrogens is 235 g/mol. The normalized spacial score (nSPS) is 22.9. The van der Waals surface area contributed by atoms with E-state index in [-0.39, 0.29) is 7.55 Å². The second-order valence-electron chi connectivity index (χ2n) is 4.66. The minimum atomic E-state index is -0.0610. The first-order valence-electron chi connectivity index (χ1n) is 6.92. The molecule has 1 atom stereocenters. The molecule has 94 valence electrons. The first-order valence-corrected chi connectivity index (χ1v) is 8.52. The monoisotopic (exact) mass is 257 g/mol. The molecule has 1 aliphatic heterocycles. The van der Waals surface area contributed by atoms with E-state index in [1.54, 1.807) is 5.31 Å². The molecule has 1 aliphatic carbocycles. The zero-order valence-corrected chi connectivity index (χ0v) is 11.9. The average molecular weight is 257 g/mol. The quantitative estimate of drug-likeness (QED) is 0.555. The van der Waals surface area contributed by atoms with E-state index in [0.29, 0.717) is 0 Å². The largest absolute Gasteiger partial charge is 0.127 e. The van der Waals surface area contributed by atoms with Crippen LogP contribution in [0.5, 0.6) is 0 Å². The molecule has 1 heteroatoms. The lowest BCUT2D eigenvalue weighted by atomic mass is 10.2. The van der Waals surface area contributed by atoms with E-state index in [2.05, 4.69) is 60.5 Å². The highest BCUT2D eigenvalue weighted by molar-refractivity contribution is 7.61. The van der Waals surface area contributed by atoms with Crippen LogP contribution < -0.4 is 0 Å². The fraction of sp³-hybridized carbons (Fsp3) is 0.353. The standard InChI is InChI=1S/C17H22P/c1-2-6-10-14-17(13-9-5-1)18-15-11-7-3-4-8-12-16-18/h1-5,7,9,11,13,15H,6,8,10,12,14,16H2/q+1. The van der Waals surface area contributed by atoms with Crippen molar-refractivity contribution in [2.24, 2.45) is 0 Å². The van der Waals surface area contributed by atoms with Gasteiger partial charge in [0.2, 0.25) is 0 Å². The van der Waals surface area contributed by atoms with Gasteiger partial charge in [0.05, 0.1) is 0 Å². The van der Waals surface area contributed by atoms with Crippen LogP contribution in [0.4, 0.5) is 0 Å². The van der Waals surface area contributed by atoms with Gasteiger partial charge in [-0.1, -0.05) is 42.5 Å². The summed E-state index contributed by atoms with van der Waals surface area (Å²) in [4.78, 5) is 0. The van der Waals surface area contributed by atoms with Crippen molar-refractivity contribution in [3.05, 3.63) is 60.0 Å². The Morgan fingerprint density at radius 3 is 2.44 bits per heavy atom. The minimum Gasteiger partial charge on any atom is -0.0845 e. The minimum absolute atomic E-state index is 0.0610. The first-order chi connectivity index (χ1) is 8.97. The maximum absolute atomic E-state index is 2.44. The summed E-state index contributed by atoms with van der Waals surface area (Å²) in [5.41, 5.74) is 0. The highest BCUT2D eigenvalue weighted by Gasteiger charge is 2.16. The molecule has 1 heterocycles.